The van der Waals surface area contributed by atoms with Gasteiger partial charge in [-0.05, 0) is 28.1 Å². The highest BCUT2D eigenvalue weighted by Gasteiger charge is 2.16. The van der Waals surface area contributed by atoms with Crippen LogP contribution in [-0.2, 0) is 4.74 Å². The highest BCUT2D eigenvalue weighted by Crippen LogP contribution is 2.27. The zero-order valence-electron chi connectivity index (χ0n) is 6.34. The summed E-state index contributed by atoms with van der Waals surface area (Å²) in [5, 5.41) is 0. The Bertz CT molecular complexity index is 260. The molecule has 0 saturated carbocycles. The summed E-state index contributed by atoms with van der Waals surface area (Å²) in [6.07, 6.45) is 0.00931. The number of nitrogens with one attached hydrogen (secondary N) is 2. The predicted octanol–water partition coefficient (Wildman–Crippen LogP) is 1.63. The van der Waals surface area contributed by atoms with E-state index in [1.807, 2.05) is 6.07 Å². The molecule has 5 heteroatoms. The first-order valence-corrected chi connectivity index (χ1v) is 5.32. The van der Waals surface area contributed by atoms with Gasteiger partial charge in [0.1, 0.15) is 0 Å². The first-order valence-electron chi connectivity index (χ1n) is 3.71. The second-order valence-electron chi connectivity index (χ2n) is 2.46. The van der Waals surface area contributed by atoms with E-state index in [0.29, 0.717) is 0 Å². The van der Waals surface area contributed by atoms with E-state index in [4.69, 9.17) is 4.74 Å². The lowest BCUT2D eigenvalue weighted by molar-refractivity contribution is -0.0119. The molecule has 1 aliphatic heterocycles. The van der Waals surface area contributed by atoms with E-state index in [-0.39, 0.29) is 6.23 Å². The Morgan fingerprint density at radius 3 is 3.08 bits per heavy atom. The van der Waals surface area contributed by atoms with Gasteiger partial charge in [-0.25, -0.2) is 5.43 Å². The van der Waals surface area contributed by atoms with Crippen LogP contribution in [-0.4, -0.2) is 13.2 Å². The third-order valence-electron chi connectivity index (χ3n) is 1.60. The van der Waals surface area contributed by atoms with Gasteiger partial charge in [-0.2, -0.15) is 0 Å². The molecule has 0 bridgehead atoms. The Balaban J connectivity index is 2.08. The minimum Gasteiger partial charge on any atom is -0.356 e. The first-order chi connectivity index (χ1) is 5.86. The van der Waals surface area contributed by atoms with Gasteiger partial charge in [0.25, 0.3) is 0 Å². The largest absolute Gasteiger partial charge is 0.356 e. The van der Waals surface area contributed by atoms with E-state index in [9.17, 15) is 0 Å². The van der Waals surface area contributed by atoms with Gasteiger partial charge in [0.2, 0.25) is 0 Å². The average Bonchev–Trinajstić information content (AvgIpc) is 2.54. The quantitative estimate of drug-likeness (QED) is 0.793. The lowest BCUT2D eigenvalue weighted by Crippen LogP contribution is -2.43. The summed E-state index contributed by atoms with van der Waals surface area (Å²) < 4.78 is 6.63. The van der Waals surface area contributed by atoms with Crippen LogP contribution in [0.15, 0.2) is 15.9 Å². The summed E-state index contributed by atoms with van der Waals surface area (Å²) in [6.45, 7) is 1.62. The lowest BCUT2D eigenvalue weighted by Gasteiger charge is -2.23. The molecule has 12 heavy (non-hydrogen) atoms. The van der Waals surface area contributed by atoms with Crippen LogP contribution in [0.3, 0.4) is 0 Å². The molecule has 1 aromatic rings. The lowest BCUT2D eigenvalue weighted by atomic mass is 10.4. The molecule has 1 aliphatic rings. The molecule has 0 spiro atoms. The molecule has 66 valence electrons. The van der Waals surface area contributed by atoms with Crippen molar-refractivity contribution in [1.82, 2.24) is 10.9 Å². The van der Waals surface area contributed by atoms with Crippen molar-refractivity contribution in [2.75, 3.05) is 13.2 Å². The van der Waals surface area contributed by atoms with Crippen molar-refractivity contribution in [3.63, 3.8) is 0 Å². The monoisotopic (exact) mass is 248 g/mol. The van der Waals surface area contributed by atoms with Gasteiger partial charge in [-0.1, -0.05) is 0 Å². The van der Waals surface area contributed by atoms with Crippen molar-refractivity contribution >= 4 is 27.3 Å². The smallest absolute Gasteiger partial charge is 0.155 e. The van der Waals surface area contributed by atoms with E-state index in [1.165, 1.54) is 4.88 Å². The summed E-state index contributed by atoms with van der Waals surface area (Å²) in [4.78, 5) is 1.19. The Labute approximate surface area is 83.2 Å². The SMILES string of the molecule is Brc1ccc(C2NNCCO2)s1. The Morgan fingerprint density at radius 2 is 2.50 bits per heavy atom. The van der Waals surface area contributed by atoms with Crippen LogP contribution in [0.1, 0.15) is 11.1 Å². The highest BCUT2D eigenvalue weighted by molar-refractivity contribution is 9.11. The van der Waals surface area contributed by atoms with Crippen molar-refractivity contribution in [2.24, 2.45) is 0 Å². The Morgan fingerprint density at radius 1 is 1.58 bits per heavy atom. The van der Waals surface area contributed by atoms with E-state index >= 15 is 0 Å². The Kier molecular flexibility index (Phi) is 2.77. The van der Waals surface area contributed by atoms with Crippen LogP contribution in [0.4, 0.5) is 0 Å². The van der Waals surface area contributed by atoms with Gasteiger partial charge in [0.15, 0.2) is 6.23 Å². The van der Waals surface area contributed by atoms with Gasteiger partial charge in [0, 0.05) is 6.54 Å². The molecule has 1 aromatic heterocycles. The standard InChI is InChI=1S/C7H9BrN2OS/c8-6-2-1-5(12-6)7-10-9-3-4-11-7/h1-2,7,9-10H,3-4H2. The van der Waals surface area contributed by atoms with Crippen molar-refractivity contribution in [3.05, 3.63) is 20.8 Å². The summed E-state index contributed by atoms with van der Waals surface area (Å²) in [5.74, 6) is 0. The van der Waals surface area contributed by atoms with Crippen molar-refractivity contribution in [3.8, 4) is 0 Å². The number of hydrogen-bond donors (Lipinski definition) is 2. The van der Waals surface area contributed by atoms with E-state index < -0.39 is 0 Å². The maximum Gasteiger partial charge on any atom is 0.155 e. The second kappa shape index (κ2) is 3.85. The topological polar surface area (TPSA) is 33.3 Å². The minimum atomic E-state index is 0.00931. The molecule has 1 unspecified atom stereocenters. The molecule has 2 N–H and O–H groups in total. The number of halogens is 1. The molecule has 1 fully saturated rings. The fraction of sp³-hybridized carbons (Fsp3) is 0.429. The summed E-state index contributed by atoms with van der Waals surface area (Å²) >= 11 is 5.10. The summed E-state index contributed by atoms with van der Waals surface area (Å²) in [6, 6.07) is 4.08. The van der Waals surface area contributed by atoms with Crippen molar-refractivity contribution in [2.45, 2.75) is 6.23 Å². The number of rotatable bonds is 1. The van der Waals surface area contributed by atoms with E-state index in [0.717, 1.165) is 16.9 Å². The second-order valence-corrected chi connectivity index (χ2v) is 4.96. The zero-order chi connectivity index (χ0) is 8.39. The Hall–Kier alpha value is 0.0600. The third kappa shape index (κ3) is 1.86. The molecule has 2 rings (SSSR count). The van der Waals surface area contributed by atoms with Crippen LogP contribution in [0.2, 0.25) is 0 Å². The summed E-state index contributed by atoms with van der Waals surface area (Å²) in [5.41, 5.74) is 6.12. The molecular weight excluding hydrogens is 240 g/mol. The molecule has 1 saturated heterocycles. The maximum absolute atomic E-state index is 5.49. The molecule has 0 amide bonds. The van der Waals surface area contributed by atoms with Crippen LogP contribution in [0, 0.1) is 0 Å². The van der Waals surface area contributed by atoms with Gasteiger partial charge in [0.05, 0.1) is 15.3 Å². The molecule has 0 aliphatic carbocycles. The first kappa shape index (κ1) is 8.65. The maximum atomic E-state index is 5.49. The molecule has 3 nitrogen and oxygen atoms in total. The van der Waals surface area contributed by atoms with Gasteiger partial charge in [-0.15, -0.1) is 11.3 Å². The van der Waals surface area contributed by atoms with E-state index in [1.54, 1.807) is 11.3 Å². The zero-order valence-corrected chi connectivity index (χ0v) is 8.74. The molecule has 0 radical (unpaired) electrons. The van der Waals surface area contributed by atoms with Gasteiger partial charge < -0.3 is 4.74 Å². The number of hydrogen-bond acceptors (Lipinski definition) is 4. The number of thiophene rings is 1. The van der Waals surface area contributed by atoms with Crippen LogP contribution < -0.4 is 10.9 Å². The van der Waals surface area contributed by atoms with Gasteiger partial charge >= 0.3 is 0 Å². The molecule has 1 atom stereocenters. The van der Waals surface area contributed by atoms with Crippen molar-refractivity contribution in [1.29, 1.82) is 0 Å². The van der Waals surface area contributed by atoms with Crippen LogP contribution in [0.5, 0.6) is 0 Å². The third-order valence-corrected chi connectivity index (χ3v) is 3.26. The van der Waals surface area contributed by atoms with E-state index in [2.05, 4.69) is 32.8 Å². The van der Waals surface area contributed by atoms with Gasteiger partial charge in [-0.3, -0.25) is 5.43 Å². The fourth-order valence-electron chi connectivity index (χ4n) is 1.06. The fourth-order valence-corrected chi connectivity index (χ4v) is 2.48. The number of hydrazine groups is 1. The molecule has 2 heterocycles. The molecular formula is C7H9BrN2OS. The van der Waals surface area contributed by atoms with Crippen LogP contribution in [0.25, 0.3) is 0 Å². The van der Waals surface area contributed by atoms with Crippen molar-refractivity contribution < 1.29 is 4.74 Å². The molecule has 0 aromatic carbocycles. The summed E-state index contributed by atoms with van der Waals surface area (Å²) in [7, 11) is 0. The normalized spacial score (nSPS) is 24.2. The predicted molar refractivity (Wildman–Crippen MR) is 51.9 cm³/mol. The highest BCUT2D eigenvalue weighted by atomic mass is 79.9. The average molecular weight is 249 g/mol. The minimum absolute atomic E-state index is 0.00931. The van der Waals surface area contributed by atoms with Crippen LogP contribution >= 0.6 is 27.3 Å². The number of ether oxygens (including phenoxy) is 1.